The van der Waals surface area contributed by atoms with Gasteiger partial charge in [-0.15, -0.1) is 12.3 Å². The van der Waals surface area contributed by atoms with Crippen molar-refractivity contribution in [3.8, 4) is 12.3 Å². The van der Waals surface area contributed by atoms with Crippen molar-refractivity contribution in [1.29, 1.82) is 0 Å². The van der Waals surface area contributed by atoms with Gasteiger partial charge in [-0.2, -0.15) is 0 Å². The summed E-state index contributed by atoms with van der Waals surface area (Å²) >= 11 is 0. The molecule has 1 heteroatoms. The highest BCUT2D eigenvalue weighted by Crippen LogP contribution is 2.06. The van der Waals surface area contributed by atoms with Crippen LogP contribution in [0.3, 0.4) is 0 Å². The number of terminal acetylenes is 1. The van der Waals surface area contributed by atoms with Crippen molar-refractivity contribution >= 4 is 0 Å². The van der Waals surface area contributed by atoms with Crippen molar-refractivity contribution in [1.82, 2.24) is 0 Å². The topological polar surface area (TPSA) is 0 Å². The molecule has 0 N–H and O–H groups in total. The average Bonchev–Trinajstić information content (AvgIpc) is 2.03. The van der Waals surface area contributed by atoms with Crippen LogP contribution in [-0.4, -0.2) is 6.67 Å². The lowest BCUT2D eigenvalue weighted by Gasteiger charge is -1.96. The third-order valence-electron chi connectivity index (χ3n) is 1.70. The van der Waals surface area contributed by atoms with Gasteiger partial charge in [0.15, 0.2) is 0 Å². The van der Waals surface area contributed by atoms with Gasteiger partial charge >= 0.3 is 0 Å². The summed E-state index contributed by atoms with van der Waals surface area (Å²) in [5.41, 5.74) is 0. The lowest BCUT2D eigenvalue weighted by molar-refractivity contribution is 0.450. The van der Waals surface area contributed by atoms with Crippen molar-refractivity contribution in [2.75, 3.05) is 6.67 Å². The van der Waals surface area contributed by atoms with Crippen LogP contribution in [0.4, 0.5) is 4.39 Å². The van der Waals surface area contributed by atoms with E-state index in [-0.39, 0.29) is 6.67 Å². The minimum Gasteiger partial charge on any atom is -0.251 e. The summed E-state index contributed by atoms with van der Waals surface area (Å²) in [6.07, 6.45) is 12.5. The molecule has 0 saturated heterocycles. The minimum atomic E-state index is -0.162. The van der Waals surface area contributed by atoms with Crippen molar-refractivity contribution < 1.29 is 4.39 Å². The van der Waals surface area contributed by atoms with E-state index in [4.69, 9.17) is 6.42 Å². The van der Waals surface area contributed by atoms with E-state index in [9.17, 15) is 4.39 Å². The van der Waals surface area contributed by atoms with E-state index in [1.54, 1.807) is 0 Å². The molecule has 0 atom stereocenters. The molecule has 0 heterocycles. The standard InChI is InChI=1S/C10H17F/c1-2-3-4-5-6-7-8-9-10-11/h1H,3-10H2. The van der Waals surface area contributed by atoms with Crippen LogP contribution >= 0.6 is 0 Å². The molecule has 0 spiro atoms. The quantitative estimate of drug-likeness (QED) is 0.392. The predicted octanol–water partition coefficient (Wildman–Crippen LogP) is 3.32. The number of rotatable bonds is 7. The number of hydrogen-bond donors (Lipinski definition) is 0. The lowest BCUT2D eigenvalue weighted by atomic mass is 10.1. The summed E-state index contributed by atoms with van der Waals surface area (Å²) in [6.45, 7) is -0.162. The molecule has 0 fully saturated rings. The van der Waals surface area contributed by atoms with Gasteiger partial charge in [-0.05, 0) is 12.8 Å². The van der Waals surface area contributed by atoms with E-state index in [0.29, 0.717) is 0 Å². The molecule has 0 amide bonds. The Morgan fingerprint density at radius 1 is 0.909 bits per heavy atom. The molecule has 0 aromatic carbocycles. The molecule has 0 aliphatic rings. The molecule has 11 heavy (non-hydrogen) atoms. The largest absolute Gasteiger partial charge is 0.251 e. The van der Waals surface area contributed by atoms with E-state index >= 15 is 0 Å². The number of alkyl halides is 1. The second-order valence-corrected chi connectivity index (χ2v) is 2.76. The number of hydrogen-bond acceptors (Lipinski definition) is 0. The van der Waals surface area contributed by atoms with Crippen LogP contribution in [0.2, 0.25) is 0 Å². The Hall–Kier alpha value is -0.510. The summed E-state index contributed by atoms with van der Waals surface area (Å²) < 4.78 is 11.6. The van der Waals surface area contributed by atoms with Crippen molar-refractivity contribution in [2.45, 2.75) is 44.9 Å². The van der Waals surface area contributed by atoms with Crippen LogP contribution in [-0.2, 0) is 0 Å². The van der Waals surface area contributed by atoms with Crippen molar-refractivity contribution in [3.05, 3.63) is 0 Å². The Labute approximate surface area is 69.2 Å². The maximum Gasteiger partial charge on any atom is 0.0894 e. The zero-order chi connectivity index (χ0) is 8.36. The van der Waals surface area contributed by atoms with Gasteiger partial charge in [-0.25, -0.2) is 0 Å². The van der Waals surface area contributed by atoms with Gasteiger partial charge in [0.1, 0.15) is 0 Å². The Morgan fingerprint density at radius 2 is 1.45 bits per heavy atom. The smallest absolute Gasteiger partial charge is 0.0894 e. The molecule has 0 saturated carbocycles. The fraction of sp³-hybridized carbons (Fsp3) is 0.800. The first-order valence-corrected chi connectivity index (χ1v) is 4.41. The zero-order valence-electron chi connectivity index (χ0n) is 7.11. The van der Waals surface area contributed by atoms with Crippen molar-refractivity contribution in [3.63, 3.8) is 0 Å². The molecule has 0 aromatic heterocycles. The molecule has 0 nitrogen and oxygen atoms in total. The van der Waals surface area contributed by atoms with Gasteiger partial charge in [-0.1, -0.05) is 25.7 Å². The van der Waals surface area contributed by atoms with E-state index in [2.05, 4.69) is 5.92 Å². The first-order chi connectivity index (χ1) is 5.41. The fourth-order valence-corrected chi connectivity index (χ4v) is 1.03. The van der Waals surface area contributed by atoms with Crippen LogP contribution in [0, 0.1) is 12.3 Å². The van der Waals surface area contributed by atoms with Crippen LogP contribution < -0.4 is 0 Å². The Balaban J connectivity index is 2.75. The third kappa shape index (κ3) is 9.49. The molecule has 0 rings (SSSR count). The second kappa shape index (κ2) is 9.49. The molecule has 0 aromatic rings. The van der Waals surface area contributed by atoms with Crippen LogP contribution in [0.1, 0.15) is 44.9 Å². The van der Waals surface area contributed by atoms with Gasteiger partial charge in [-0.3, -0.25) is 4.39 Å². The monoisotopic (exact) mass is 156 g/mol. The minimum absolute atomic E-state index is 0.162. The van der Waals surface area contributed by atoms with Crippen molar-refractivity contribution in [2.24, 2.45) is 0 Å². The molecule has 0 radical (unpaired) electrons. The summed E-state index contributed by atoms with van der Waals surface area (Å²) in [7, 11) is 0. The van der Waals surface area contributed by atoms with E-state index in [0.717, 1.165) is 32.1 Å². The van der Waals surface area contributed by atoms with Gasteiger partial charge in [0, 0.05) is 6.42 Å². The van der Waals surface area contributed by atoms with Crippen LogP contribution in [0.25, 0.3) is 0 Å². The van der Waals surface area contributed by atoms with Gasteiger partial charge in [0.2, 0.25) is 0 Å². The molecular formula is C10H17F. The summed E-state index contributed by atoms with van der Waals surface area (Å²) in [5.74, 6) is 2.61. The predicted molar refractivity (Wildman–Crippen MR) is 47.1 cm³/mol. The highest BCUT2D eigenvalue weighted by atomic mass is 19.1. The summed E-state index contributed by atoms with van der Waals surface area (Å²) in [4.78, 5) is 0. The molecule has 0 aliphatic carbocycles. The highest BCUT2D eigenvalue weighted by Gasteiger charge is 1.89. The lowest BCUT2D eigenvalue weighted by Crippen LogP contribution is -1.80. The Bertz CT molecular complexity index is 102. The molecule has 0 bridgehead atoms. The van der Waals surface area contributed by atoms with E-state index < -0.39 is 0 Å². The zero-order valence-corrected chi connectivity index (χ0v) is 7.11. The normalized spacial score (nSPS) is 9.45. The van der Waals surface area contributed by atoms with Crippen LogP contribution in [0.15, 0.2) is 0 Å². The second-order valence-electron chi connectivity index (χ2n) is 2.76. The molecular weight excluding hydrogens is 139 g/mol. The van der Waals surface area contributed by atoms with Gasteiger partial charge in [0.05, 0.1) is 6.67 Å². The summed E-state index contributed by atoms with van der Waals surface area (Å²) in [6, 6.07) is 0. The Morgan fingerprint density at radius 3 is 2.00 bits per heavy atom. The SMILES string of the molecule is C#CCCCCCCCCF. The third-order valence-corrected chi connectivity index (χ3v) is 1.70. The summed E-state index contributed by atoms with van der Waals surface area (Å²) in [5, 5.41) is 0. The first kappa shape index (κ1) is 10.5. The van der Waals surface area contributed by atoms with Gasteiger partial charge in [0.25, 0.3) is 0 Å². The first-order valence-electron chi connectivity index (χ1n) is 4.41. The fourth-order valence-electron chi connectivity index (χ4n) is 1.03. The maximum absolute atomic E-state index is 11.6. The molecule has 64 valence electrons. The number of unbranched alkanes of at least 4 members (excludes halogenated alkanes) is 6. The maximum atomic E-state index is 11.6. The van der Waals surface area contributed by atoms with E-state index in [1.165, 1.54) is 12.8 Å². The van der Waals surface area contributed by atoms with E-state index in [1.807, 2.05) is 0 Å². The Kier molecular flexibility index (Phi) is 9.05. The highest BCUT2D eigenvalue weighted by molar-refractivity contribution is 4.82. The molecule has 0 unspecified atom stereocenters. The van der Waals surface area contributed by atoms with Gasteiger partial charge < -0.3 is 0 Å². The average molecular weight is 156 g/mol. The van der Waals surface area contributed by atoms with Crippen LogP contribution in [0.5, 0.6) is 0 Å². The number of halogens is 1. The molecule has 0 aliphatic heterocycles.